The molecule has 0 radical (unpaired) electrons. The van der Waals surface area contributed by atoms with Gasteiger partial charge in [-0.3, -0.25) is 4.79 Å². The van der Waals surface area contributed by atoms with Crippen LogP contribution in [0.3, 0.4) is 0 Å². The first kappa shape index (κ1) is 14.8. The number of alkyl halides is 2. The normalized spacial score (nSPS) is 11.6. The van der Waals surface area contributed by atoms with E-state index in [1.165, 1.54) is 22.9 Å². The van der Waals surface area contributed by atoms with Gasteiger partial charge in [0, 0.05) is 24.4 Å². The lowest BCUT2D eigenvalue weighted by atomic mass is 9.96. The molecule has 0 spiro atoms. The molecule has 110 valence electrons. The van der Waals surface area contributed by atoms with Gasteiger partial charge in [0.25, 0.3) is 11.4 Å². The minimum Gasteiger partial charge on any atom is -0.415 e. The van der Waals surface area contributed by atoms with Crippen LogP contribution in [0, 0.1) is 16.7 Å². The van der Waals surface area contributed by atoms with Crippen LogP contribution >= 0.6 is 0 Å². The van der Waals surface area contributed by atoms with Crippen molar-refractivity contribution in [2.24, 2.45) is 5.41 Å². The first-order chi connectivity index (χ1) is 9.82. The van der Waals surface area contributed by atoms with Gasteiger partial charge in [0.2, 0.25) is 5.89 Å². The molecule has 2 aromatic rings. The molecule has 0 saturated carbocycles. The van der Waals surface area contributed by atoms with Crippen LogP contribution in [-0.4, -0.2) is 14.8 Å². The van der Waals surface area contributed by atoms with Gasteiger partial charge in [-0.05, 0) is 19.9 Å². The SMILES string of the molecule is CC(C)(C#N)Cn1ccc(-c2nnc(C(F)F)o2)cc1=O. The molecule has 0 amide bonds. The molecule has 0 aliphatic heterocycles. The summed E-state index contributed by atoms with van der Waals surface area (Å²) in [5, 5.41) is 15.6. The Labute approximate surface area is 118 Å². The van der Waals surface area contributed by atoms with Gasteiger partial charge in [-0.1, -0.05) is 0 Å². The van der Waals surface area contributed by atoms with E-state index >= 15 is 0 Å². The van der Waals surface area contributed by atoms with Crippen molar-refractivity contribution in [3.63, 3.8) is 0 Å². The molecule has 0 saturated heterocycles. The fourth-order valence-electron chi connectivity index (χ4n) is 1.67. The van der Waals surface area contributed by atoms with Crippen LogP contribution in [0.5, 0.6) is 0 Å². The third-order valence-corrected chi connectivity index (χ3v) is 2.74. The maximum absolute atomic E-state index is 12.4. The topological polar surface area (TPSA) is 84.7 Å². The zero-order chi connectivity index (χ0) is 15.6. The van der Waals surface area contributed by atoms with Gasteiger partial charge in [-0.15, -0.1) is 10.2 Å². The second-order valence-electron chi connectivity index (χ2n) is 5.12. The molecule has 8 heteroatoms. The molecule has 2 aromatic heterocycles. The summed E-state index contributed by atoms with van der Waals surface area (Å²) < 4.78 is 30.9. The highest BCUT2D eigenvalue weighted by molar-refractivity contribution is 5.50. The largest absolute Gasteiger partial charge is 0.415 e. The maximum atomic E-state index is 12.4. The Balaban J connectivity index is 2.31. The van der Waals surface area contributed by atoms with Gasteiger partial charge < -0.3 is 8.98 Å². The quantitative estimate of drug-likeness (QED) is 0.864. The van der Waals surface area contributed by atoms with Gasteiger partial charge >= 0.3 is 6.43 Å². The van der Waals surface area contributed by atoms with Crippen LogP contribution in [0.1, 0.15) is 26.2 Å². The Morgan fingerprint density at radius 1 is 1.48 bits per heavy atom. The number of nitriles is 1. The fourth-order valence-corrected chi connectivity index (χ4v) is 1.67. The Kier molecular flexibility index (Phi) is 3.84. The molecule has 6 nitrogen and oxygen atoms in total. The zero-order valence-corrected chi connectivity index (χ0v) is 11.4. The number of hydrogen-bond acceptors (Lipinski definition) is 5. The number of hydrogen-bond donors (Lipinski definition) is 0. The minimum atomic E-state index is -2.86. The number of nitrogens with zero attached hydrogens (tertiary/aromatic N) is 4. The predicted octanol–water partition coefficient (Wildman–Crippen LogP) is 2.39. The van der Waals surface area contributed by atoms with Crippen molar-refractivity contribution in [1.82, 2.24) is 14.8 Å². The van der Waals surface area contributed by atoms with Gasteiger partial charge in [-0.2, -0.15) is 14.0 Å². The molecular formula is C13H12F2N4O2. The van der Waals surface area contributed by atoms with Crippen molar-refractivity contribution < 1.29 is 13.2 Å². The van der Waals surface area contributed by atoms with E-state index in [1.807, 2.05) is 0 Å². The lowest BCUT2D eigenvalue weighted by molar-refractivity contribution is 0.116. The Morgan fingerprint density at radius 3 is 2.71 bits per heavy atom. The molecular weight excluding hydrogens is 282 g/mol. The summed E-state index contributed by atoms with van der Waals surface area (Å²) in [4.78, 5) is 12.0. The summed E-state index contributed by atoms with van der Waals surface area (Å²) in [6.07, 6.45) is -1.40. The molecule has 0 atom stereocenters. The van der Waals surface area contributed by atoms with Crippen LogP contribution in [0.4, 0.5) is 8.78 Å². The Bertz CT molecular complexity index is 743. The van der Waals surface area contributed by atoms with E-state index in [4.69, 9.17) is 9.68 Å². The maximum Gasteiger partial charge on any atom is 0.314 e. The van der Waals surface area contributed by atoms with Gasteiger partial charge in [-0.25, -0.2) is 0 Å². The van der Waals surface area contributed by atoms with Crippen molar-refractivity contribution in [1.29, 1.82) is 5.26 Å². The molecule has 0 unspecified atom stereocenters. The third kappa shape index (κ3) is 3.31. The highest BCUT2D eigenvalue weighted by Gasteiger charge is 2.20. The van der Waals surface area contributed by atoms with Crippen LogP contribution < -0.4 is 5.56 Å². The highest BCUT2D eigenvalue weighted by atomic mass is 19.3. The van der Waals surface area contributed by atoms with Crippen LogP contribution in [0.25, 0.3) is 11.5 Å². The number of halogens is 2. The number of rotatable bonds is 4. The second-order valence-corrected chi connectivity index (χ2v) is 5.12. The van der Waals surface area contributed by atoms with E-state index < -0.39 is 17.7 Å². The first-order valence-electron chi connectivity index (χ1n) is 6.06. The smallest absolute Gasteiger partial charge is 0.314 e. The lowest BCUT2D eigenvalue weighted by Crippen LogP contribution is -2.26. The lowest BCUT2D eigenvalue weighted by Gasteiger charge is -2.16. The van der Waals surface area contributed by atoms with Crippen LogP contribution in [0.2, 0.25) is 0 Å². The molecule has 21 heavy (non-hydrogen) atoms. The van der Waals surface area contributed by atoms with E-state index in [2.05, 4.69) is 16.3 Å². The monoisotopic (exact) mass is 294 g/mol. The fraction of sp³-hybridized carbons (Fsp3) is 0.385. The molecule has 0 aliphatic rings. The summed E-state index contributed by atoms with van der Waals surface area (Å²) in [6.45, 7) is 3.63. The predicted molar refractivity (Wildman–Crippen MR) is 68.3 cm³/mol. The van der Waals surface area contributed by atoms with E-state index in [9.17, 15) is 13.6 Å². The van der Waals surface area contributed by atoms with Crippen LogP contribution in [-0.2, 0) is 6.54 Å². The average molecular weight is 294 g/mol. The van der Waals surface area contributed by atoms with Gasteiger partial charge in [0.1, 0.15) is 0 Å². The molecule has 0 fully saturated rings. The minimum absolute atomic E-state index is 0.144. The summed E-state index contributed by atoms with van der Waals surface area (Å²) in [5.41, 5.74) is -0.823. The van der Waals surface area contributed by atoms with Gasteiger partial charge in [0.05, 0.1) is 11.5 Å². The van der Waals surface area contributed by atoms with Crippen molar-refractivity contribution in [2.45, 2.75) is 26.8 Å². The first-order valence-corrected chi connectivity index (χ1v) is 6.06. The van der Waals surface area contributed by atoms with Crippen molar-refractivity contribution >= 4 is 0 Å². The zero-order valence-electron chi connectivity index (χ0n) is 11.4. The van der Waals surface area contributed by atoms with Crippen molar-refractivity contribution in [3.8, 4) is 17.5 Å². The van der Waals surface area contributed by atoms with E-state index in [0.29, 0.717) is 0 Å². The second kappa shape index (κ2) is 5.44. The molecule has 2 rings (SSSR count). The van der Waals surface area contributed by atoms with E-state index in [1.54, 1.807) is 13.8 Å². The third-order valence-electron chi connectivity index (χ3n) is 2.74. The average Bonchev–Trinajstić information content (AvgIpc) is 2.91. The molecule has 0 N–H and O–H groups in total. The summed E-state index contributed by atoms with van der Waals surface area (Å²) in [7, 11) is 0. The molecule has 0 aromatic carbocycles. The van der Waals surface area contributed by atoms with Crippen molar-refractivity contribution in [2.75, 3.05) is 0 Å². The summed E-state index contributed by atoms with van der Waals surface area (Å²) in [6, 6.07) is 4.80. The standard InChI is InChI=1S/C13H12F2N4O2/c1-13(2,6-16)7-19-4-3-8(5-9(19)20)11-17-18-12(21-11)10(14)15/h3-5,10H,7H2,1-2H3. The van der Waals surface area contributed by atoms with E-state index in [0.717, 1.165) is 0 Å². The number of aromatic nitrogens is 3. The molecule has 0 aliphatic carbocycles. The number of pyridine rings is 1. The summed E-state index contributed by atoms with van der Waals surface area (Å²) >= 11 is 0. The van der Waals surface area contributed by atoms with E-state index in [-0.39, 0.29) is 23.6 Å². The molecule has 0 bridgehead atoms. The highest BCUT2D eigenvalue weighted by Crippen LogP contribution is 2.22. The Morgan fingerprint density at radius 2 is 2.19 bits per heavy atom. The Hall–Kier alpha value is -2.56. The van der Waals surface area contributed by atoms with Gasteiger partial charge in [0.15, 0.2) is 0 Å². The summed E-state index contributed by atoms with van der Waals surface area (Å²) in [5.74, 6) is -0.936. The molecule has 2 heterocycles. The van der Waals surface area contributed by atoms with Crippen LogP contribution in [0.15, 0.2) is 27.5 Å². The van der Waals surface area contributed by atoms with Crippen molar-refractivity contribution in [3.05, 3.63) is 34.6 Å².